The number of nitrogens with zero attached hydrogens (tertiary/aromatic N) is 3. The monoisotopic (exact) mass is 301 g/mol. The van der Waals surface area contributed by atoms with E-state index in [0.717, 1.165) is 12.1 Å². The summed E-state index contributed by atoms with van der Waals surface area (Å²) in [6.07, 6.45) is 0.193. The molecule has 0 saturated heterocycles. The summed E-state index contributed by atoms with van der Waals surface area (Å²) in [5, 5.41) is 8.77. The highest BCUT2D eigenvalue weighted by Crippen LogP contribution is 2.27. The van der Waals surface area contributed by atoms with Gasteiger partial charge in [0.15, 0.2) is 11.6 Å². The third-order valence-corrected chi connectivity index (χ3v) is 3.34. The molecule has 110 valence electrons. The Morgan fingerprint density at radius 1 is 1.05 bits per heavy atom. The third kappa shape index (κ3) is 2.42. The van der Waals surface area contributed by atoms with Crippen LogP contribution in [0.4, 0.5) is 13.2 Å². The number of hydrogen-bond donors (Lipinski definition) is 0. The van der Waals surface area contributed by atoms with Crippen molar-refractivity contribution in [2.45, 2.75) is 13.0 Å². The molecule has 3 rings (SSSR count). The van der Waals surface area contributed by atoms with E-state index in [2.05, 4.69) is 4.98 Å². The molecule has 3 nitrogen and oxygen atoms in total. The molecule has 1 heterocycles. The predicted octanol–water partition coefficient (Wildman–Crippen LogP) is 4.03. The van der Waals surface area contributed by atoms with Gasteiger partial charge in [-0.2, -0.15) is 5.26 Å². The molecule has 0 fully saturated rings. The van der Waals surface area contributed by atoms with Gasteiger partial charge in [-0.25, -0.2) is 18.2 Å². The lowest BCUT2D eigenvalue weighted by atomic mass is 10.2. The Balaban J connectivity index is 2.23. The number of aromatic nitrogens is 2. The number of rotatable bonds is 3. The molecule has 0 spiro atoms. The molecule has 0 aliphatic heterocycles. The van der Waals surface area contributed by atoms with Crippen molar-refractivity contribution in [2.75, 3.05) is 0 Å². The summed E-state index contributed by atoms with van der Waals surface area (Å²) < 4.78 is 41.5. The molecule has 0 aliphatic carbocycles. The Kier molecular flexibility index (Phi) is 3.55. The highest BCUT2D eigenvalue weighted by molar-refractivity contribution is 5.80. The zero-order chi connectivity index (χ0) is 15.7. The molecular weight excluding hydrogens is 291 g/mol. The molecule has 22 heavy (non-hydrogen) atoms. The van der Waals surface area contributed by atoms with Gasteiger partial charge in [-0.1, -0.05) is 0 Å². The van der Waals surface area contributed by atoms with Crippen molar-refractivity contribution < 1.29 is 13.2 Å². The first-order chi connectivity index (χ1) is 10.6. The molecule has 1 aromatic heterocycles. The number of benzene rings is 2. The number of hydrogen-bond acceptors (Lipinski definition) is 2. The average molecular weight is 301 g/mol. The van der Waals surface area contributed by atoms with E-state index in [1.807, 2.05) is 6.07 Å². The maximum Gasteiger partial charge on any atom is 0.161 e. The molecule has 0 N–H and O–H groups in total. The molecule has 0 amide bonds. The molecule has 0 atom stereocenters. The number of aryl methyl sites for hydroxylation is 1. The second-order valence-electron chi connectivity index (χ2n) is 4.76. The van der Waals surface area contributed by atoms with E-state index >= 15 is 0 Å². The smallest absolute Gasteiger partial charge is 0.161 e. The Bertz CT molecular complexity index is 876. The summed E-state index contributed by atoms with van der Waals surface area (Å²) in [5.74, 6) is -1.91. The van der Waals surface area contributed by atoms with Crippen LogP contribution in [0, 0.1) is 28.8 Å². The summed E-state index contributed by atoms with van der Waals surface area (Å²) in [6.45, 7) is 0.283. The molecule has 0 unspecified atom stereocenters. The molecule has 2 aromatic carbocycles. The van der Waals surface area contributed by atoms with E-state index in [9.17, 15) is 13.2 Å². The quantitative estimate of drug-likeness (QED) is 0.732. The van der Waals surface area contributed by atoms with Gasteiger partial charge in [-0.15, -0.1) is 0 Å². The average Bonchev–Trinajstić information content (AvgIpc) is 2.84. The van der Waals surface area contributed by atoms with E-state index < -0.39 is 11.6 Å². The van der Waals surface area contributed by atoms with Crippen molar-refractivity contribution >= 4 is 11.0 Å². The van der Waals surface area contributed by atoms with Gasteiger partial charge in [0.2, 0.25) is 0 Å². The van der Waals surface area contributed by atoms with Crippen LogP contribution in [0.25, 0.3) is 22.4 Å². The van der Waals surface area contributed by atoms with Crippen LogP contribution in [0.1, 0.15) is 6.42 Å². The molecular formula is C16H10F3N3. The number of fused-ring (bicyclic) bond motifs is 1. The SMILES string of the molecule is N#CCCn1c(-c2ccc(F)cc2)nc2cc(F)c(F)cc21. The first kappa shape index (κ1) is 14.1. The van der Waals surface area contributed by atoms with Crippen LogP contribution >= 0.6 is 0 Å². The van der Waals surface area contributed by atoms with Gasteiger partial charge in [0.05, 0.1) is 23.5 Å². The zero-order valence-electron chi connectivity index (χ0n) is 11.4. The molecule has 0 saturated carbocycles. The lowest BCUT2D eigenvalue weighted by Gasteiger charge is -2.07. The lowest BCUT2D eigenvalue weighted by Crippen LogP contribution is -2.00. The predicted molar refractivity (Wildman–Crippen MR) is 75.3 cm³/mol. The molecule has 0 radical (unpaired) electrons. The third-order valence-electron chi connectivity index (χ3n) is 3.34. The van der Waals surface area contributed by atoms with Crippen molar-refractivity contribution in [3.05, 3.63) is 53.8 Å². The fourth-order valence-corrected chi connectivity index (χ4v) is 2.33. The minimum atomic E-state index is -0.983. The number of halogens is 3. The van der Waals surface area contributed by atoms with E-state index in [1.165, 1.54) is 24.3 Å². The van der Waals surface area contributed by atoms with Crippen LogP contribution in [-0.4, -0.2) is 9.55 Å². The van der Waals surface area contributed by atoms with Crippen LogP contribution in [0.5, 0.6) is 0 Å². The van der Waals surface area contributed by atoms with Gasteiger partial charge < -0.3 is 4.57 Å². The van der Waals surface area contributed by atoms with Crippen LogP contribution < -0.4 is 0 Å². The molecule has 0 aliphatic rings. The summed E-state index contributed by atoms with van der Waals surface area (Å²) in [6, 6.07) is 9.71. The Hall–Kier alpha value is -2.81. The first-order valence-electron chi connectivity index (χ1n) is 6.58. The van der Waals surface area contributed by atoms with E-state index in [0.29, 0.717) is 16.9 Å². The summed E-state index contributed by atoms with van der Waals surface area (Å²) in [4.78, 5) is 4.29. The van der Waals surface area contributed by atoms with Crippen molar-refractivity contribution in [3.63, 3.8) is 0 Å². The molecule has 6 heteroatoms. The Morgan fingerprint density at radius 2 is 1.73 bits per heavy atom. The highest BCUT2D eigenvalue weighted by Gasteiger charge is 2.15. The van der Waals surface area contributed by atoms with Crippen LogP contribution in [0.15, 0.2) is 36.4 Å². The maximum atomic E-state index is 13.5. The van der Waals surface area contributed by atoms with Gasteiger partial charge in [0.1, 0.15) is 11.6 Å². The number of imidazole rings is 1. The summed E-state index contributed by atoms with van der Waals surface area (Å²) >= 11 is 0. The largest absolute Gasteiger partial charge is 0.323 e. The number of nitriles is 1. The van der Waals surface area contributed by atoms with Crippen molar-refractivity contribution in [1.82, 2.24) is 9.55 Å². The Labute approximate surface area is 124 Å². The second-order valence-corrected chi connectivity index (χ2v) is 4.76. The standard InChI is InChI=1S/C16H10F3N3/c17-11-4-2-10(3-5-11)16-21-14-8-12(18)13(19)9-15(14)22(16)7-1-6-20/h2-5,8-9H,1,7H2. The summed E-state index contributed by atoms with van der Waals surface area (Å²) in [7, 11) is 0. The fourth-order valence-electron chi connectivity index (χ4n) is 2.33. The van der Waals surface area contributed by atoms with E-state index in [1.54, 1.807) is 4.57 Å². The van der Waals surface area contributed by atoms with Crippen molar-refractivity contribution in [1.29, 1.82) is 5.26 Å². The van der Waals surface area contributed by atoms with Gasteiger partial charge in [0, 0.05) is 24.2 Å². The Morgan fingerprint density at radius 3 is 2.41 bits per heavy atom. The van der Waals surface area contributed by atoms with Gasteiger partial charge >= 0.3 is 0 Å². The minimum absolute atomic E-state index is 0.193. The van der Waals surface area contributed by atoms with E-state index in [4.69, 9.17) is 5.26 Å². The van der Waals surface area contributed by atoms with Crippen LogP contribution in [0.2, 0.25) is 0 Å². The van der Waals surface area contributed by atoms with Crippen molar-refractivity contribution in [2.24, 2.45) is 0 Å². The van der Waals surface area contributed by atoms with E-state index in [-0.39, 0.29) is 24.3 Å². The normalized spacial score (nSPS) is 10.8. The first-order valence-corrected chi connectivity index (χ1v) is 6.58. The fraction of sp³-hybridized carbons (Fsp3) is 0.125. The van der Waals surface area contributed by atoms with Gasteiger partial charge in [-0.3, -0.25) is 0 Å². The molecule has 3 aromatic rings. The van der Waals surface area contributed by atoms with Gasteiger partial charge in [-0.05, 0) is 24.3 Å². The topological polar surface area (TPSA) is 41.6 Å². The van der Waals surface area contributed by atoms with Crippen molar-refractivity contribution in [3.8, 4) is 17.5 Å². The lowest BCUT2D eigenvalue weighted by molar-refractivity contribution is 0.510. The maximum absolute atomic E-state index is 13.5. The van der Waals surface area contributed by atoms with Gasteiger partial charge in [0.25, 0.3) is 0 Å². The summed E-state index contributed by atoms with van der Waals surface area (Å²) in [5.41, 5.74) is 1.29. The highest BCUT2D eigenvalue weighted by atomic mass is 19.2. The van der Waals surface area contributed by atoms with Crippen LogP contribution in [0.3, 0.4) is 0 Å². The van der Waals surface area contributed by atoms with Crippen LogP contribution in [-0.2, 0) is 6.54 Å². The second kappa shape index (κ2) is 5.53. The minimum Gasteiger partial charge on any atom is -0.323 e. The molecule has 0 bridgehead atoms. The zero-order valence-corrected chi connectivity index (χ0v) is 11.4.